The second-order valence-corrected chi connectivity index (χ2v) is 8.00. The van der Waals surface area contributed by atoms with Crippen LogP contribution in [0.1, 0.15) is 0 Å². The summed E-state index contributed by atoms with van der Waals surface area (Å²) in [5, 5.41) is 7.61. The molecule has 4 aromatic carbocycles. The van der Waals surface area contributed by atoms with Crippen molar-refractivity contribution in [3.8, 4) is 0 Å². The monoisotopic (exact) mass is 371 g/mol. The molecule has 0 saturated heterocycles. The van der Waals surface area contributed by atoms with E-state index < -0.39 is 0 Å². The zero-order chi connectivity index (χ0) is 18.4. The fraction of sp³-hybridized carbons (Fsp3) is 0. The Morgan fingerprint density at radius 3 is 1.43 bits per heavy atom. The highest BCUT2D eigenvalue weighted by Gasteiger charge is 2.16. The molecule has 128 valence electrons. The first-order valence-corrected chi connectivity index (χ1v) is 9.95. The van der Waals surface area contributed by atoms with Crippen molar-refractivity contribution < 1.29 is 0 Å². The van der Waals surface area contributed by atoms with Gasteiger partial charge in [0.2, 0.25) is 0 Å². The summed E-state index contributed by atoms with van der Waals surface area (Å²) < 4.78 is 2.26. The predicted octanol–water partition coefficient (Wildman–Crippen LogP) is 6.00. The second kappa shape index (κ2) is 4.99. The Morgan fingerprint density at radius 1 is 0.500 bits per heavy atom. The number of nitrogens with one attached hydrogen (secondary N) is 2. The van der Waals surface area contributed by atoms with Gasteiger partial charge in [-0.15, -0.1) is 0 Å². The summed E-state index contributed by atoms with van der Waals surface area (Å²) in [7, 11) is 0. The Kier molecular flexibility index (Phi) is 2.64. The van der Waals surface area contributed by atoms with Crippen LogP contribution in [-0.2, 0) is 0 Å². The van der Waals surface area contributed by atoms with Gasteiger partial charge in [0.1, 0.15) is 0 Å². The number of aromatic nitrogens is 3. The molecule has 0 bridgehead atoms. The Hall–Kier alpha value is -3.19. The minimum absolute atomic E-state index is 1.18. The number of H-pyrrole nitrogens is 2. The highest BCUT2D eigenvalue weighted by molar-refractivity contribution is 6.32. The summed E-state index contributed by atoms with van der Waals surface area (Å²) in [6.45, 7) is 0. The molecule has 0 aliphatic heterocycles. The number of fused-ring (bicyclic) bond motifs is 11. The molecule has 0 aliphatic rings. The van der Waals surface area contributed by atoms with Crippen LogP contribution in [0, 0.1) is 0 Å². The summed E-state index contributed by atoms with van der Waals surface area (Å²) in [4.78, 5) is 7.31. The van der Waals surface area contributed by atoms with Crippen LogP contribution in [-0.4, -0.2) is 30.0 Å². The highest BCUT2D eigenvalue weighted by Crippen LogP contribution is 2.39. The molecule has 3 heterocycles. The van der Waals surface area contributed by atoms with Crippen molar-refractivity contribution >= 4 is 81.9 Å². The van der Waals surface area contributed by atoms with E-state index in [-0.39, 0.29) is 0 Å². The average molecular weight is 371 g/mol. The van der Waals surface area contributed by atoms with Crippen molar-refractivity contribution in [2.45, 2.75) is 0 Å². The zero-order valence-corrected chi connectivity index (χ0v) is 16.1. The normalized spacial score (nSPS) is 12.4. The third-order valence-corrected chi connectivity index (χ3v) is 6.60. The second-order valence-electron chi connectivity index (χ2n) is 7.48. The summed E-state index contributed by atoms with van der Waals surface area (Å²) in [6.07, 6.45) is 0. The first kappa shape index (κ1) is 14.8. The van der Waals surface area contributed by atoms with Gasteiger partial charge in [0.25, 0.3) is 0 Å². The van der Waals surface area contributed by atoms with E-state index in [0.717, 1.165) is 0 Å². The van der Waals surface area contributed by atoms with Gasteiger partial charge in [-0.05, 0) is 12.1 Å². The Bertz CT molecular complexity index is 1600. The fourth-order valence-electron chi connectivity index (χ4n) is 4.85. The van der Waals surface area contributed by atoms with Crippen LogP contribution in [0.25, 0.3) is 65.4 Å². The molecule has 0 aliphatic carbocycles. The number of aromatic amines is 2. The van der Waals surface area contributed by atoms with Gasteiger partial charge >= 0.3 is 16.5 Å². The largest absolute Gasteiger partial charge is 0.448 e. The minimum Gasteiger partial charge on any atom is -0.448 e. The Morgan fingerprint density at radius 2 is 0.929 bits per heavy atom. The number of hydrogen-bond acceptors (Lipinski definition) is 0. The van der Waals surface area contributed by atoms with E-state index in [4.69, 9.17) is 0 Å². The molecule has 28 heavy (non-hydrogen) atoms. The van der Waals surface area contributed by atoms with Crippen LogP contribution >= 0.6 is 0 Å². The van der Waals surface area contributed by atoms with Crippen LogP contribution in [0.3, 0.4) is 0 Å². The van der Waals surface area contributed by atoms with Crippen LogP contribution in [0.4, 0.5) is 0 Å². The Balaban J connectivity index is 1.76. The van der Waals surface area contributed by atoms with Gasteiger partial charge in [-0.3, -0.25) is 0 Å². The molecule has 0 spiro atoms. The van der Waals surface area contributed by atoms with Crippen LogP contribution in [0.15, 0.2) is 72.8 Å². The van der Waals surface area contributed by atoms with Gasteiger partial charge in [0.15, 0.2) is 0 Å². The topological polar surface area (TPSA) is 36.5 Å². The molecule has 2 N–H and O–H groups in total. The smallest absolute Gasteiger partial charge is 0.318 e. The van der Waals surface area contributed by atoms with Crippen molar-refractivity contribution in [1.82, 2.24) is 13.5 Å². The highest BCUT2D eigenvalue weighted by atomic mass is 27.1. The summed E-state index contributed by atoms with van der Waals surface area (Å²) in [5.74, 6) is 0. The van der Waals surface area contributed by atoms with Crippen molar-refractivity contribution in [1.29, 1.82) is 0 Å². The maximum atomic E-state index is 3.65. The number of rotatable bonds is 0. The van der Waals surface area contributed by atoms with Gasteiger partial charge < -0.3 is 13.5 Å². The molecule has 0 amide bonds. The molecular weight excluding hydrogens is 357 g/mol. The molecule has 2 radical (unpaired) electrons. The zero-order valence-electron chi connectivity index (χ0n) is 15.0. The third kappa shape index (κ3) is 1.66. The van der Waals surface area contributed by atoms with E-state index in [9.17, 15) is 0 Å². The van der Waals surface area contributed by atoms with Crippen molar-refractivity contribution in [3.63, 3.8) is 0 Å². The van der Waals surface area contributed by atoms with E-state index in [1.165, 1.54) is 65.4 Å². The van der Waals surface area contributed by atoms with Crippen molar-refractivity contribution in [2.75, 3.05) is 0 Å². The molecule has 7 aromatic rings. The molecule has 0 atom stereocenters. The van der Waals surface area contributed by atoms with Crippen molar-refractivity contribution in [2.24, 2.45) is 0 Å². The molecular formula is C24H14AlN3. The van der Waals surface area contributed by atoms with Gasteiger partial charge in [-0.25, -0.2) is 0 Å². The number of nitrogens with zero attached hydrogens (tertiary/aromatic N) is 1. The third-order valence-electron chi connectivity index (χ3n) is 6.08. The van der Waals surface area contributed by atoms with E-state index in [0.29, 0.717) is 0 Å². The quantitative estimate of drug-likeness (QED) is 0.307. The minimum atomic E-state index is 1.18. The summed E-state index contributed by atoms with van der Waals surface area (Å²) in [6, 6.07) is 26.0. The summed E-state index contributed by atoms with van der Waals surface area (Å²) >= 11 is 2.94. The van der Waals surface area contributed by atoms with Crippen LogP contribution in [0.5, 0.6) is 0 Å². The lowest BCUT2D eigenvalue weighted by molar-refractivity contribution is 1.39. The van der Waals surface area contributed by atoms with Crippen LogP contribution in [0.2, 0.25) is 0 Å². The average Bonchev–Trinajstić information content (AvgIpc) is 3.37. The standard InChI is InChI=1S/C24H14N3.Al/c1-3-7-19-13(5-1)15-9-11-17-18-12-10-16-14-6-2-4-8-20(14)26-22(16)24(18)27-23(17)21(15)25-19;/h1-12,25-26H;/q-1;+1. The predicted molar refractivity (Wildman–Crippen MR) is 119 cm³/mol. The number of hydrogen-bond donors (Lipinski definition) is 2. The molecule has 0 saturated carbocycles. The van der Waals surface area contributed by atoms with E-state index in [2.05, 4.69) is 103 Å². The van der Waals surface area contributed by atoms with Crippen molar-refractivity contribution in [3.05, 3.63) is 72.8 Å². The first-order chi connectivity index (χ1) is 13.8. The van der Waals surface area contributed by atoms with E-state index in [1.807, 2.05) is 0 Å². The van der Waals surface area contributed by atoms with E-state index in [1.54, 1.807) is 0 Å². The summed E-state index contributed by atoms with van der Waals surface area (Å²) in [5.41, 5.74) is 7.18. The lowest BCUT2D eigenvalue weighted by Gasteiger charge is -2.03. The van der Waals surface area contributed by atoms with Gasteiger partial charge in [0.05, 0.1) is 11.0 Å². The Labute approximate surface area is 168 Å². The molecule has 4 heteroatoms. The molecule has 0 unspecified atom stereocenters. The lowest BCUT2D eigenvalue weighted by atomic mass is 10.1. The van der Waals surface area contributed by atoms with Gasteiger partial charge in [-0.1, -0.05) is 60.7 Å². The lowest BCUT2D eigenvalue weighted by Crippen LogP contribution is -1.92. The van der Waals surface area contributed by atoms with Crippen LogP contribution < -0.4 is 0 Å². The molecule has 3 aromatic heterocycles. The number of benzene rings is 4. The molecule has 7 rings (SSSR count). The first-order valence-electron chi connectivity index (χ1n) is 9.43. The molecule has 3 nitrogen and oxygen atoms in total. The fourth-order valence-corrected chi connectivity index (χ4v) is 5.39. The number of para-hydroxylation sites is 2. The maximum absolute atomic E-state index is 3.65. The van der Waals surface area contributed by atoms with Gasteiger partial charge in [0, 0.05) is 54.4 Å². The van der Waals surface area contributed by atoms with E-state index >= 15 is 0 Å². The molecule has 0 fully saturated rings. The maximum Gasteiger partial charge on any atom is 0.318 e. The SMILES string of the molecule is [Al][n]1c2c(ccc3c4ccccc4[nH]c32)c2ccc3c4ccccc4[nH]c3c21. The van der Waals surface area contributed by atoms with Gasteiger partial charge in [-0.2, -0.15) is 0 Å².